The summed E-state index contributed by atoms with van der Waals surface area (Å²) in [5.74, 6) is -1.59. The molecule has 2 aromatic rings. The Kier molecular flexibility index (Phi) is 3.99. The van der Waals surface area contributed by atoms with E-state index in [1.54, 1.807) is 6.92 Å². The lowest BCUT2D eigenvalue weighted by atomic mass is 9.90. The number of anilines is 1. The highest BCUT2D eigenvalue weighted by Crippen LogP contribution is 2.33. The maximum atomic E-state index is 13.1. The van der Waals surface area contributed by atoms with Gasteiger partial charge in [-0.15, -0.1) is 0 Å². The zero-order valence-electron chi connectivity index (χ0n) is 13.1. The molecule has 4 heteroatoms. The smallest absolute Gasteiger partial charge is 0.238 e. The van der Waals surface area contributed by atoms with Crippen molar-refractivity contribution in [2.75, 3.05) is 4.90 Å². The molecule has 3 rings (SSSR count). The van der Waals surface area contributed by atoms with E-state index >= 15 is 0 Å². The van der Waals surface area contributed by atoms with Crippen LogP contribution in [0.4, 0.5) is 10.1 Å². The van der Waals surface area contributed by atoms with E-state index in [-0.39, 0.29) is 23.7 Å². The first kappa shape index (κ1) is 15.4. The molecular formula is C19H18FNO2. The van der Waals surface area contributed by atoms with Gasteiger partial charge < -0.3 is 0 Å². The summed E-state index contributed by atoms with van der Waals surface area (Å²) in [7, 11) is 0. The maximum absolute atomic E-state index is 13.1. The van der Waals surface area contributed by atoms with E-state index < -0.39 is 5.82 Å². The number of halogens is 1. The van der Waals surface area contributed by atoms with Crippen molar-refractivity contribution in [2.24, 2.45) is 11.8 Å². The van der Waals surface area contributed by atoms with Gasteiger partial charge in [0, 0.05) is 5.92 Å². The zero-order valence-corrected chi connectivity index (χ0v) is 13.1. The highest BCUT2D eigenvalue weighted by atomic mass is 19.1. The predicted octanol–water partition coefficient (Wildman–Crippen LogP) is 3.50. The van der Waals surface area contributed by atoms with Crippen molar-refractivity contribution in [2.45, 2.75) is 20.3 Å². The summed E-state index contributed by atoms with van der Waals surface area (Å²) in [6, 6.07) is 13.4. The molecule has 2 atom stereocenters. The van der Waals surface area contributed by atoms with E-state index in [1.165, 1.54) is 29.2 Å². The van der Waals surface area contributed by atoms with Gasteiger partial charge in [0.05, 0.1) is 11.6 Å². The quantitative estimate of drug-likeness (QED) is 0.814. The summed E-state index contributed by atoms with van der Waals surface area (Å²) in [4.78, 5) is 26.3. The fraction of sp³-hybridized carbons (Fsp3) is 0.263. The van der Waals surface area contributed by atoms with Gasteiger partial charge in [-0.3, -0.25) is 14.5 Å². The standard InChI is InChI=1S/C19H18FNO2/c1-12-3-5-14(6-4-12)11-17-13(2)18(22)21(19(17)23)16-9-7-15(20)8-10-16/h3-10,13,17H,11H2,1-2H3/t13-,17+/m0/s1. The molecule has 0 bridgehead atoms. The van der Waals surface area contributed by atoms with Crippen LogP contribution in [0.2, 0.25) is 0 Å². The van der Waals surface area contributed by atoms with Crippen LogP contribution in [0.25, 0.3) is 0 Å². The van der Waals surface area contributed by atoms with E-state index in [2.05, 4.69) is 0 Å². The molecule has 0 unspecified atom stereocenters. The monoisotopic (exact) mass is 311 g/mol. The first-order valence-corrected chi connectivity index (χ1v) is 7.66. The van der Waals surface area contributed by atoms with Crippen LogP contribution in [0.3, 0.4) is 0 Å². The molecule has 0 radical (unpaired) electrons. The second-order valence-corrected chi connectivity index (χ2v) is 6.07. The Bertz CT molecular complexity index is 737. The number of rotatable bonds is 3. The summed E-state index contributed by atoms with van der Waals surface area (Å²) in [6.07, 6.45) is 0.531. The number of imide groups is 1. The van der Waals surface area contributed by atoms with Crippen LogP contribution in [-0.4, -0.2) is 11.8 Å². The van der Waals surface area contributed by atoms with Crippen LogP contribution >= 0.6 is 0 Å². The van der Waals surface area contributed by atoms with Crippen molar-refractivity contribution in [3.05, 3.63) is 65.5 Å². The van der Waals surface area contributed by atoms with Crippen molar-refractivity contribution < 1.29 is 14.0 Å². The molecule has 2 aromatic carbocycles. The van der Waals surface area contributed by atoms with Gasteiger partial charge >= 0.3 is 0 Å². The van der Waals surface area contributed by atoms with E-state index in [0.29, 0.717) is 12.1 Å². The molecule has 1 saturated heterocycles. The van der Waals surface area contributed by atoms with Gasteiger partial charge in [0.25, 0.3) is 0 Å². The lowest BCUT2D eigenvalue weighted by molar-refractivity contribution is -0.122. The fourth-order valence-electron chi connectivity index (χ4n) is 2.95. The molecule has 0 aromatic heterocycles. The Labute approximate surface area is 134 Å². The third-order valence-electron chi connectivity index (χ3n) is 4.41. The third kappa shape index (κ3) is 2.89. The molecule has 118 valence electrons. The van der Waals surface area contributed by atoms with Crippen molar-refractivity contribution in [1.29, 1.82) is 0 Å². The van der Waals surface area contributed by atoms with Gasteiger partial charge in [0.2, 0.25) is 11.8 Å². The fourth-order valence-corrected chi connectivity index (χ4v) is 2.95. The lowest BCUT2D eigenvalue weighted by Crippen LogP contribution is -2.31. The van der Waals surface area contributed by atoms with Gasteiger partial charge in [0.15, 0.2) is 0 Å². The molecule has 1 heterocycles. The van der Waals surface area contributed by atoms with E-state index in [4.69, 9.17) is 0 Å². The molecule has 0 N–H and O–H groups in total. The number of hydrogen-bond donors (Lipinski definition) is 0. The summed E-state index contributed by atoms with van der Waals surface area (Å²) < 4.78 is 13.1. The van der Waals surface area contributed by atoms with Crippen LogP contribution in [0.1, 0.15) is 18.1 Å². The van der Waals surface area contributed by atoms with Crippen molar-refractivity contribution >= 4 is 17.5 Å². The number of carbonyl (C=O) groups excluding carboxylic acids is 2. The maximum Gasteiger partial charge on any atom is 0.238 e. The minimum absolute atomic E-state index is 0.213. The summed E-state index contributed by atoms with van der Waals surface area (Å²) in [5, 5.41) is 0. The number of carbonyl (C=O) groups is 2. The Hall–Kier alpha value is -2.49. The van der Waals surface area contributed by atoms with E-state index in [0.717, 1.165) is 11.1 Å². The van der Waals surface area contributed by atoms with Crippen molar-refractivity contribution in [1.82, 2.24) is 0 Å². The highest BCUT2D eigenvalue weighted by Gasteiger charge is 2.45. The molecule has 0 aliphatic carbocycles. The summed E-state index contributed by atoms with van der Waals surface area (Å²) in [6.45, 7) is 3.79. The number of hydrogen-bond acceptors (Lipinski definition) is 2. The van der Waals surface area contributed by atoms with Crippen LogP contribution < -0.4 is 4.90 Å². The SMILES string of the molecule is Cc1ccc(C[C@H]2C(=O)N(c3ccc(F)cc3)C(=O)[C@H]2C)cc1. The summed E-state index contributed by atoms with van der Waals surface area (Å²) in [5.41, 5.74) is 2.62. The average Bonchev–Trinajstić information content (AvgIpc) is 2.74. The zero-order chi connectivity index (χ0) is 16.6. The Morgan fingerprint density at radius 3 is 2.17 bits per heavy atom. The second kappa shape index (κ2) is 5.95. The average molecular weight is 311 g/mol. The second-order valence-electron chi connectivity index (χ2n) is 6.07. The topological polar surface area (TPSA) is 37.4 Å². The number of nitrogens with zero attached hydrogens (tertiary/aromatic N) is 1. The van der Waals surface area contributed by atoms with Crippen molar-refractivity contribution in [3.8, 4) is 0 Å². The highest BCUT2D eigenvalue weighted by molar-refractivity contribution is 6.21. The molecule has 0 saturated carbocycles. The molecule has 2 amide bonds. The molecule has 3 nitrogen and oxygen atoms in total. The lowest BCUT2D eigenvalue weighted by Gasteiger charge is -2.15. The Morgan fingerprint density at radius 1 is 0.957 bits per heavy atom. The van der Waals surface area contributed by atoms with Gasteiger partial charge in [-0.2, -0.15) is 0 Å². The molecule has 1 aliphatic rings. The number of aryl methyl sites for hydroxylation is 1. The minimum Gasteiger partial charge on any atom is -0.274 e. The summed E-state index contributed by atoms with van der Waals surface area (Å²) >= 11 is 0. The van der Waals surface area contributed by atoms with Gasteiger partial charge in [-0.25, -0.2) is 4.39 Å². The first-order chi connectivity index (χ1) is 11.0. The van der Waals surface area contributed by atoms with Gasteiger partial charge in [0.1, 0.15) is 5.82 Å². The van der Waals surface area contributed by atoms with E-state index in [9.17, 15) is 14.0 Å². The van der Waals surface area contributed by atoms with Crippen molar-refractivity contribution in [3.63, 3.8) is 0 Å². The molecule has 0 spiro atoms. The largest absolute Gasteiger partial charge is 0.274 e. The first-order valence-electron chi connectivity index (χ1n) is 7.66. The number of benzene rings is 2. The van der Waals surface area contributed by atoms with E-state index in [1.807, 2.05) is 31.2 Å². The number of amides is 2. The van der Waals surface area contributed by atoms with Crippen LogP contribution in [0, 0.1) is 24.6 Å². The Balaban J connectivity index is 1.85. The van der Waals surface area contributed by atoms with Crippen LogP contribution in [0.5, 0.6) is 0 Å². The molecule has 1 fully saturated rings. The van der Waals surface area contributed by atoms with Gasteiger partial charge in [-0.05, 0) is 43.2 Å². The van der Waals surface area contributed by atoms with Crippen LogP contribution in [-0.2, 0) is 16.0 Å². The van der Waals surface area contributed by atoms with Gasteiger partial charge in [-0.1, -0.05) is 36.8 Å². The third-order valence-corrected chi connectivity index (χ3v) is 4.41. The molecular weight excluding hydrogens is 293 g/mol. The predicted molar refractivity (Wildman–Crippen MR) is 86.4 cm³/mol. The Morgan fingerprint density at radius 2 is 1.57 bits per heavy atom. The molecule has 23 heavy (non-hydrogen) atoms. The normalized spacial score (nSPS) is 21.1. The van der Waals surface area contributed by atoms with Crippen LogP contribution in [0.15, 0.2) is 48.5 Å². The minimum atomic E-state index is -0.392. The molecule has 1 aliphatic heterocycles.